The summed E-state index contributed by atoms with van der Waals surface area (Å²) in [6, 6.07) is 5.79. The molecule has 1 aliphatic rings. The zero-order chi connectivity index (χ0) is 9.42. The molecular weight excluding hydrogens is 232 g/mol. The van der Waals surface area contributed by atoms with Crippen LogP contribution in [0, 0.1) is 0 Å². The molecule has 1 fully saturated rings. The standard InChI is InChI=1S/C9H11BrN2O/c10-6-1-2-9(8(11)3-6)12-4-7(13)5-12/h1-3,7,13H,4-5,11H2. The quantitative estimate of drug-likeness (QED) is 0.729. The Morgan fingerprint density at radius 2 is 2.15 bits per heavy atom. The maximum absolute atomic E-state index is 9.13. The van der Waals surface area contributed by atoms with Gasteiger partial charge < -0.3 is 15.7 Å². The van der Waals surface area contributed by atoms with Crippen molar-refractivity contribution in [3.63, 3.8) is 0 Å². The van der Waals surface area contributed by atoms with Gasteiger partial charge in [0, 0.05) is 17.6 Å². The first kappa shape index (κ1) is 8.84. The van der Waals surface area contributed by atoms with Crippen molar-refractivity contribution in [2.75, 3.05) is 23.7 Å². The van der Waals surface area contributed by atoms with Crippen LogP contribution in [0.25, 0.3) is 0 Å². The molecule has 1 heterocycles. The van der Waals surface area contributed by atoms with Crippen molar-refractivity contribution >= 4 is 27.3 Å². The summed E-state index contributed by atoms with van der Waals surface area (Å²) in [5.41, 5.74) is 7.58. The summed E-state index contributed by atoms with van der Waals surface area (Å²) < 4.78 is 0.981. The number of anilines is 2. The average molecular weight is 243 g/mol. The second-order valence-corrected chi connectivity index (χ2v) is 4.18. The van der Waals surface area contributed by atoms with Crippen molar-refractivity contribution in [2.45, 2.75) is 6.10 Å². The number of hydrogen-bond donors (Lipinski definition) is 2. The molecule has 0 unspecified atom stereocenters. The van der Waals surface area contributed by atoms with Crippen LogP contribution in [-0.2, 0) is 0 Å². The number of benzene rings is 1. The van der Waals surface area contributed by atoms with Crippen molar-refractivity contribution < 1.29 is 5.11 Å². The van der Waals surface area contributed by atoms with Crippen LogP contribution in [0.2, 0.25) is 0 Å². The minimum atomic E-state index is -0.192. The minimum absolute atomic E-state index is 0.192. The van der Waals surface area contributed by atoms with Crippen LogP contribution in [0.15, 0.2) is 22.7 Å². The highest BCUT2D eigenvalue weighted by atomic mass is 79.9. The van der Waals surface area contributed by atoms with Gasteiger partial charge in [-0.2, -0.15) is 0 Å². The van der Waals surface area contributed by atoms with Crippen LogP contribution in [0.4, 0.5) is 11.4 Å². The molecule has 13 heavy (non-hydrogen) atoms. The smallest absolute Gasteiger partial charge is 0.0889 e. The predicted molar refractivity (Wildman–Crippen MR) is 56.8 cm³/mol. The van der Waals surface area contributed by atoms with Gasteiger partial charge in [-0.15, -0.1) is 0 Å². The molecule has 3 nitrogen and oxygen atoms in total. The van der Waals surface area contributed by atoms with E-state index in [2.05, 4.69) is 20.8 Å². The Bertz CT molecular complexity index is 323. The first-order chi connectivity index (χ1) is 6.16. The number of nitrogens with zero attached hydrogens (tertiary/aromatic N) is 1. The monoisotopic (exact) mass is 242 g/mol. The molecule has 3 N–H and O–H groups in total. The Kier molecular flexibility index (Phi) is 2.17. The summed E-state index contributed by atoms with van der Waals surface area (Å²) in [4.78, 5) is 2.06. The highest BCUT2D eigenvalue weighted by Crippen LogP contribution is 2.29. The van der Waals surface area contributed by atoms with Gasteiger partial charge in [0.25, 0.3) is 0 Å². The first-order valence-corrected chi connectivity index (χ1v) is 4.94. The first-order valence-electron chi connectivity index (χ1n) is 4.15. The topological polar surface area (TPSA) is 49.5 Å². The molecule has 0 amide bonds. The van der Waals surface area contributed by atoms with E-state index in [9.17, 15) is 0 Å². The third-order valence-corrected chi connectivity index (χ3v) is 2.69. The van der Waals surface area contributed by atoms with Gasteiger partial charge in [0.1, 0.15) is 0 Å². The van der Waals surface area contributed by atoms with Gasteiger partial charge in [0.05, 0.1) is 17.5 Å². The largest absolute Gasteiger partial charge is 0.397 e. The molecule has 1 aromatic carbocycles. The van der Waals surface area contributed by atoms with Crippen LogP contribution in [0.3, 0.4) is 0 Å². The molecule has 1 saturated heterocycles. The lowest BCUT2D eigenvalue weighted by Gasteiger charge is -2.38. The number of halogens is 1. The summed E-state index contributed by atoms with van der Waals surface area (Å²) in [5, 5.41) is 9.13. The second-order valence-electron chi connectivity index (χ2n) is 3.26. The Balaban J connectivity index is 2.21. The number of hydrogen-bond acceptors (Lipinski definition) is 3. The fourth-order valence-corrected chi connectivity index (χ4v) is 1.84. The van der Waals surface area contributed by atoms with Crippen LogP contribution in [0.1, 0.15) is 0 Å². The number of rotatable bonds is 1. The molecule has 0 saturated carbocycles. The van der Waals surface area contributed by atoms with Gasteiger partial charge in [0.2, 0.25) is 0 Å². The van der Waals surface area contributed by atoms with Gasteiger partial charge >= 0.3 is 0 Å². The summed E-state index contributed by atoms with van der Waals surface area (Å²) in [7, 11) is 0. The van der Waals surface area contributed by atoms with Gasteiger partial charge in [-0.1, -0.05) is 15.9 Å². The Hall–Kier alpha value is -0.740. The van der Waals surface area contributed by atoms with E-state index in [-0.39, 0.29) is 6.10 Å². The van der Waals surface area contributed by atoms with Crippen molar-refractivity contribution in [1.29, 1.82) is 0 Å². The Morgan fingerprint density at radius 3 is 2.69 bits per heavy atom. The molecule has 70 valence electrons. The number of β-amino-alcohol motifs (C(OH)–C–C–N with tert-alkyl or cyclic N) is 1. The summed E-state index contributed by atoms with van der Waals surface area (Å²) in [5.74, 6) is 0. The SMILES string of the molecule is Nc1cc(Br)ccc1N1CC(O)C1. The van der Waals surface area contributed by atoms with E-state index in [1.807, 2.05) is 18.2 Å². The van der Waals surface area contributed by atoms with Crippen molar-refractivity contribution in [3.8, 4) is 0 Å². The van der Waals surface area contributed by atoms with Crippen LogP contribution in [0.5, 0.6) is 0 Å². The normalized spacial score (nSPS) is 17.2. The molecule has 0 spiro atoms. The van der Waals surface area contributed by atoms with E-state index < -0.39 is 0 Å². The van der Waals surface area contributed by atoms with Crippen LogP contribution >= 0.6 is 15.9 Å². The minimum Gasteiger partial charge on any atom is -0.397 e. The number of aliphatic hydroxyl groups excluding tert-OH is 1. The maximum Gasteiger partial charge on any atom is 0.0889 e. The maximum atomic E-state index is 9.13. The molecule has 0 aromatic heterocycles. The van der Waals surface area contributed by atoms with E-state index in [1.165, 1.54) is 0 Å². The summed E-state index contributed by atoms with van der Waals surface area (Å²) in [6.45, 7) is 1.37. The third-order valence-electron chi connectivity index (χ3n) is 2.19. The van der Waals surface area contributed by atoms with Gasteiger partial charge in [-0.3, -0.25) is 0 Å². The molecular formula is C9H11BrN2O. The fourth-order valence-electron chi connectivity index (χ4n) is 1.47. The van der Waals surface area contributed by atoms with E-state index in [1.54, 1.807) is 0 Å². The molecule has 2 rings (SSSR count). The molecule has 0 radical (unpaired) electrons. The van der Waals surface area contributed by atoms with Gasteiger partial charge in [0.15, 0.2) is 0 Å². The van der Waals surface area contributed by atoms with Crippen molar-refractivity contribution in [3.05, 3.63) is 22.7 Å². The molecule has 0 aliphatic carbocycles. The van der Waals surface area contributed by atoms with Gasteiger partial charge in [-0.25, -0.2) is 0 Å². The molecule has 1 aliphatic heterocycles. The van der Waals surface area contributed by atoms with Gasteiger partial charge in [-0.05, 0) is 18.2 Å². The lowest BCUT2D eigenvalue weighted by Crippen LogP contribution is -2.51. The summed E-state index contributed by atoms with van der Waals surface area (Å²) in [6.07, 6.45) is -0.192. The molecule has 1 aromatic rings. The zero-order valence-corrected chi connectivity index (χ0v) is 8.66. The lowest BCUT2D eigenvalue weighted by molar-refractivity contribution is 0.142. The number of aliphatic hydroxyl groups is 1. The van der Waals surface area contributed by atoms with E-state index in [4.69, 9.17) is 10.8 Å². The molecule has 0 atom stereocenters. The van der Waals surface area contributed by atoms with E-state index >= 15 is 0 Å². The number of nitrogen functional groups attached to an aromatic ring is 1. The number of nitrogens with two attached hydrogens (primary N) is 1. The Labute approximate surface area is 85.3 Å². The lowest BCUT2D eigenvalue weighted by atomic mass is 10.1. The molecule has 0 bridgehead atoms. The van der Waals surface area contributed by atoms with E-state index in [0.717, 1.165) is 15.8 Å². The fraction of sp³-hybridized carbons (Fsp3) is 0.333. The third kappa shape index (κ3) is 1.64. The molecule has 4 heteroatoms. The highest BCUT2D eigenvalue weighted by Gasteiger charge is 2.25. The second kappa shape index (κ2) is 3.20. The summed E-state index contributed by atoms with van der Waals surface area (Å²) >= 11 is 3.35. The zero-order valence-electron chi connectivity index (χ0n) is 7.07. The van der Waals surface area contributed by atoms with E-state index in [0.29, 0.717) is 13.1 Å². The predicted octanol–water partition coefficient (Wildman–Crippen LogP) is 1.21. The van der Waals surface area contributed by atoms with Crippen LogP contribution in [-0.4, -0.2) is 24.3 Å². The van der Waals surface area contributed by atoms with Crippen molar-refractivity contribution in [1.82, 2.24) is 0 Å². The Morgan fingerprint density at radius 1 is 1.46 bits per heavy atom. The van der Waals surface area contributed by atoms with Crippen molar-refractivity contribution in [2.24, 2.45) is 0 Å². The van der Waals surface area contributed by atoms with Crippen LogP contribution < -0.4 is 10.6 Å². The highest BCUT2D eigenvalue weighted by molar-refractivity contribution is 9.10. The average Bonchev–Trinajstić information content (AvgIpc) is 2.00.